The number of aromatic nitrogens is 1. The van der Waals surface area contributed by atoms with Crippen LogP contribution in [0.4, 0.5) is 0 Å². The fourth-order valence-corrected chi connectivity index (χ4v) is 3.66. The molecular formula is C26H27NO5. The van der Waals surface area contributed by atoms with E-state index in [1.54, 1.807) is 18.5 Å². The van der Waals surface area contributed by atoms with Gasteiger partial charge in [0.2, 0.25) is 0 Å². The fourth-order valence-electron chi connectivity index (χ4n) is 3.66. The van der Waals surface area contributed by atoms with Crippen molar-refractivity contribution < 1.29 is 19.0 Å². The van der Waals surface area contributed by atoms with Crippen LogP contribution in [0, 0.1) is 0 Å². The number of rotatable bonds is 8. The maximum atomic E-state index is 13.0. The Kier molecular flexibility index (Phi) is 6.83. The van der Waals surface area contributed by atoms with Gasteiger partial charge in [0.15, 0.2) is 5.43 Å². The Hall–Kier alpha value is -3.22. The van der Waals surface area contributed by atoms with Gasteiger partial charge >= 0.3 is 0 Å². The molecule has 6 nitrogen and oxygen atoms in total. The van der Waals surface area contributed by atoms with Crippen molar-refractivity contribution in [2.75, 3.05) is 0 Å². The predicted molar refractivity (Wildman–Crippen MR) is 121 cm³/mol. The van der Waals surface area contributed by atoms with Crippen molar-refractivity contribution in [3.05, 3.63) is 105 Å². The summed E-state index contributed by atoms with van der Waals surface area (Å²) in [5.74, 6) is 1.76. The molecule has 0 saturated heterocycles. The van der Waals surface area contributed by atoms with E-state index >= 15 is 0 Å². The lowest BCUT2D eigenvalue weighted by Gasteiger charge is -2.24. The van der Waals surface area contributed by atoms with E-state index < -0.39 is 0 Å². The average Bonchev–Trinajstić information content (AvgIpc) is 2.81. The summed E-state index contributed by atoms with van der Waals surface area (Å²) in [6.07, 6.45) is 5.45. The van der Waals surface area contributed by atoms with Gasteiger partial charge in [-0.15, -0.1) is 0 Å². The Labute approximate surface area is 187 Å². The highest BCUT2D eigenvalue weighted by Crippen LogP contribution is 2.30. The van der Waals surface area contributed by atoms with Gasteiger partial charge in [-0.3, -0.25) is 9.78 Å². The van der Waals surface area contributed by atoms with Crippen LogP contribution in [0.15, 0.2) is 70.1 Å². The van der Waals surface area contributed by atoms with Gasteiger partial charge in [0.05, 0.1) is 19.3 Å². The Balaban J connectivity index is 1.62. The lowest BCUT2D eigenvalue weighted by Crippen LogP contribution is -2.25. The molecule has 0 amide bonds. The molecule has 1 aliphatic rings. The first-order valence-corrected chi connectivity index (χ1v) is 10.7. The summed E-state index contributed by atoms with van der Waals surface area (Å²) in [7, 11) is 0. The van der Waals surface area contributed by atoms with E-state index in [0.717, 1.165) is 16.7 Å². The SMILES string of the molecule is CC(C)c1cc(=O)c2c(o1)CC(OCc1ccncc1)C=C2OCc1ccccc1CO. The van der Waals surface area contributed by atoms with Crippen molar-refractivity contribution in [2.45, 2.75) is 52.1 Å². The van der Waals surface area contributed by atoms with Gasteiger partial charge in [-0.25, -0.2) is 0 Å². The number of ether oxygens (including phenoxy) is 2. The molecule has 1 atom stereocenters. The minimum Gasteiger partial charge on any atom is -0.488 e. The Bertz CT molecular complexity index is 1150. The summed E-state index contributed by atoms with van der Waals surface area (Å²) in [5.41, 5.74) is 2.98. The maximum Gasteiger partial charge on any atom is 0.196 e. The highest BCUT2D eigenvalue weighted by Gasteiger charge is 2.27. The number of nitrogens with zero attached hydrogens (tertiary/aromatic N) is 1. The lowest BCUT2D eigenvalue weighted by molar-refractivity contribution is 0.0647. The summed E-state index contributed by atoms with van der Waals surface area (Å²) < 4.78 is 18.3. The molecule has 0 fully saturated rings. The van der Waals surface area contributed by atoms with Gasteiger partial charge in [-0.05, 0) is 34.9 Å². The number of benzene rings is 1. The number of hydrogen-bond acceptors (Lipinski definition) is 6. The Morgan fingerprint density at radius 2 is 1.88 bits per heavy atom. The van der Waals surface area contributed by atoms with Crippen LogP contribution >= 0.6 is 0 Å². The van der Waals surface area contributed by atoms with Crippen molar-refractivity contribution in [1.29, 1.82) is 0 Å². The smallest absolute Gasteiger partial charge is 0.196 e. The molecule has 0 aliphatic heterocycles. The quantitative estimate of drug-likeness (QED) is 0.569. The highest BCUT2D eigenvalue weighted by molar-refractivity contribution is 5.64. The lowest BCUT2D eigenvalue weighted by atomic mass is 9.98. The summed E-state index contributed by atoms with van der Waals surface area (Å²) in [6.45, 7) is 4.54. The predicted octanol–water partition coefficient (Wildman–Crippen LogP) is 4.35. The van der Waals surface area contributed by atoms with Crippen molar-refractivity contribution in [1.82, 2.24) is 4.98 Å². The monoisotopic (exact) mass is 433 g/mol. The van der Waals surface area contributed by atoms with Crippen molar-refractivity contribution in [3.8, 4) is 0 Å². The molecule has 166 valence electrons. The van der Waals surface area contributed by atoms with Gasteiger partial charge in [-0.2, -0.15) is 0 Å². The first-order chi connectivity index (χ1) is 15.5. The zero-order valence-electron chi connectivity index (χ0n) is 18.3. The van der Waals surface area contributed by atoms with E-state index in [2.05, 4.69) is 4.98 Å². The summed E-state index contributed by atoms with van der Waals surface area (Å²) in [5, 5.41) is 9.60. The zero-order chi connectivity index (χ0) is 22.5. The van der Waals surface area contributed by atoms with Gasteiger partial charge in [-0.1, -0.05) is 38.1 Å². The summed E-state index contributed by atoms with van der Waals surface area (Å²) in [6, 6.07) is 12.9. The number of fused-ring (bicyclic) bond motifs is 1. The van der Waals surface area contributed by atoms with Crippen LogP contribution in [-0.4, -0.2) is 16.2 Å². The second kappa shape index (κ2) is 9.94. The van der Waals surface area contributed by atoms with Gasteiger partial charge < -0.3 is 19.0 Å². The minimum absolute atomic E-state index is 0.0767. The van der Waals surface area contributed by atoms with Crippen LogP contribution in [0.2, 0.25) is 0 Å². The molecule has 0 bridgehead atoms. The second-order valence-corrected chi connectivity index (χ2v) is 8.12. The van der Waals surface area contributed by atoms with Crippen LogP contribution in [0.1, 0.15) is 53.5 Å². The van der Waals surface area contributed by atoms with E-state index in [4.69, 9.17) is 13.9 Å². The van der Waals surface area contributed by atoms with E-state index in [1.165, 1.54) is 0 Å². The molecule has 1 aromatic carbocycles. The van der Waals surface area contributed by atoms with E-state index in [-0.39, 0.29) is 30.7 Å². The third-order valence-corrected chi connectivity index (χ3v) is 5.46. The van der Waals surface area contributed by atoms with Gasteiger partial charge in [0.1, 0.15) is 29.4 Å². The molecule has 1 unspecified atom stereocenters. The number of hydrogen-bond donors (Lipinski definition) is 1. The highest BCUT2D eigenvalue weighted by atomic mass is 16.5. The normalized spacial score (nSPS) is 15.4. The van der Waals surface area contributed by atoms with Gasteiger partial charge in [0.25, 0.3) is 0 Å². The maximum absolute atomic E-state index is 13.0. The Morgan fingerprint density at radius 1 is 1.12 bits per heavy atom. The molecule has 6 heteroatoms. The molecule has 0 radical (unpaired) electrons. The standard InChI is InChI=1S/C26H27NO5/c1-17(2)23-13-22(29)26-24(31-16-20-6-4-3-5-19(20)14-28)11-21(12-25(26)32-23)30-15-18-7-9-27-10-8-18/h3-11,13,17,21,28H,12,14-16H2,1-2H3. The molecule has 4 rings (SSSR count). The van der Waals surface area contributed by atoms with E-state index in [9.17, 15) is 9.90 Å². The van der Waals surface area contributed by atoms with Crippen LogP contribution in [0.3, 0.4) is 0 Å². The van der Waals surface area contributed by atoms with Crippen molar-refractivity contribution in [3.63, 3.8) is 0 Å². The number of aliphatic hydroxyl groups excluding tert-OH is 1. The topological polar surface area (TPSA) is 81.8 Å². The number of aliphatic hydroxyl groups is 1. The van der Waals surface area contributed by atoms with Crippen molar-refractivity contribution >= 4 is 5.76 Å². The van der Waals surface area contributed by atoms with Crippen LogP contribution in [0.25, 0.3) is 5.76 Å². The van der Waals surface area contributed by atoms with E-state index in [1.807, 2.05) is 56.3 Å². The molecule has 0 saturated carbocycles. The zero-order valence-corrected chi connectivity index (χ0v) is 18.3. The molecule has 32 heavy (non-hydrogen) atoms. The fraction of sp³-hybridized carbons (Fsp3) is 0.308. The molecule has 1 aliphatic carbocycles. The van der Waals surface area contributed by atoms with Crippen molar-refractivity contribution in [2.24, 2.45) is 0 Å². The molecule has 3 aromatic rings. The summed E-state index contributed by atoms with van der Waals surface area (Å²) >= 11 is 0. The van der Waals surface area contributed by atoms with Gasteiger partial charge in [0, 0.05) is 30.8 Å². The first-order valence-electron chi connectivity index (χ1n) is 10.7. The molecule has 1 N–H and O–H groups in total. The Morgan fingerprint density at radius 3 is 2.59 bits per heavy atom. The van der Waals surface area contributed by atoms with Crippen LogP contribution < -0.4 is 5.43 Å². The van der Waals surface area contributed by atoms with Crippen LogP contribution in [0.5, 0.6) is 0 Å². The molecule has 2 aromatic heterocycles. The van der Waals surface area contributed by atoms with E-state index in [0.29, 0.717) is 35.9 Å². The third-order valence-electron chi connectivity index (χ3n) is 5.46. The van der Waals surface area contributed by atoms with Crippen LogP contribution in [-0.2, 0) is 35.7 Å². The molecule has 2 heterocycles. The average molecular weight is 434 g/mol. The minimum atomic E-state index is -0.302. The molecule has 0 spiro atoms. The first kappa shape index (κ1) is 22.0. The largest absolute Gasteiger partial charge is 0.488 e. The second-order valence-electron chi connectivity index (χ2n) is 8.12. The number of pyridine rings is 1. The summed E-state index contributed by atoms with van der Waals surface area (Å²) in [4.78, 5) is 17.0. The molecular weight excluding hydrogens is 406 g/mol. The third kappa shape index (κ3) is 4.98.